The molecule has 0 saturated carbocycles. The van der Waals surface area contributed by atoms with Crippen molar-refractivity contribution in [3.8, 4) is 6.07 Å². The quantitative estimate of drug-likeness (QED) is 0.682. The molecule has 0 atom stereocenters. The van der Waals surface area contributed by atoms with Crippen LogP contribution in [0.25, 0.3) is 6.08 Å². The predicted molar refractivity (Wildman–Crippen MR) is 84.9 cm³/mol. The van der Waals surface area contributed by atoms with Gasteiger partial charge in [-0.15, -0.1) is 0 Å². The summed E-state index contributed by atoms with van der Waals surface area (Å²) >= 11 is 6.03. The van der Waals surface area contributed by atoms with Crippen LogP contribution < -0.4 is 5.32 Å². The molecular weight excluding hydrogens is 284 g/mol. The molecule has 0 heterocycles. The largest absolute Gasteiger partial charge is 0.321 e. The molecule has 2 aromatic carbocycles. The standard InChI is InChI=1S/C17H13ClN2O/c1-12-6-2-5-9-16(12)20-17(21)14(11-19)10-13-7-3-4-8-15(13)18/h2-10H,1H3,(H,20,21). The van der Waals surface area contributed by atoms with E-state index in [9.17, 15) is 10.1 Å². The molecule has 0 unspecified atom stereocenters. The Kier molecular flexibility index (Phi) is 4.76. The van der Waals surface area contributed by atoms with E-state index in [0.29, 0.717) is 16.3 Å². The molecule has 0 aliphatic heterocycles. The van der Waals surface area contributed by atoms with Crippen molar-refractivity contribution in [2.45, 2.75) is 6.92 Å². The summed E-state index contributed by atoms with van der Waals surface area (Å²) in [6.45, 7) is 1.89. The molecule has 2 rings (SSSR count). The molecule has 0 bridgehead atoms. The lowest BCUT2D eigenvalue weighted by atomic mass is 10.1. The van der Waals surface area contributed by atoms with E-state index in [2.05, 4.69) is 5.32 Å². The highest BCUT2D eigenvalue weighted by molar-refractivity contribution is 6.32. The van der Waals surface area contributed by atoms with Crippen LogP contribution in [0.4, 0.5) is 5.69 Å². The van der Waals surface area contributed by atoms with Crippen molar-refractivity contribution in [2.24, 2.45) is 0 Å². The van der Waals surface area contributed by atoms with E-state index in [1.165, 1.54) is 6.08 Å². The van der Waals surface area contributed by atoms with Crippen LogP contribution in [0.5, 0.6) is 0 Å². The van der Waals surface area contributed by atoms with Crippen LogP contribution >= 0.6 is 11.6 Å². The molecule has 0 radical (unpaired) electrons. The maximum Gasteiger partial charge on any atom is 0.266 e. The fourth-order valence-corrected chi connectivity index (χ4v) is 1.99. The molecule has 0 aliphatic rings. The SMILES string of the molecule is Cc1ccccc1NC(=O)C(C#N)=Cc1ccccc1Cl. The number of nitrogens with zero attached hydrogens (tertiary/aromatic N) is 1. The summed E-state index contributed by atoms with van der Waals surface area (Å²) in [5.74, 6) is -0.452. The number of hydrogen-bond acceptors (Lipinski definition) is 2. The van der Waals surface area contributed by atoms with Gasteiger partial charge in [-0.2, -0.15) is 5.26 Å². The number of amides is 1. The third-order valence-electron chi connectivity index (χ3n) is 2.96. The molecule has 0 saturated heterocycles. The van der Waals surface area contributed by atoms with Crippen molar-refractivity contribution < 1.29 is 4.79 Å². The lowest BCUT2D eigenvalue weighted by Gasteiger charge is -2.07. The van der Waals surface area contributed by atoms with Crippen LogP contribution in [0.1, 0.15) is 11.1 Å². The average molecular weight is 297 g/mol. The normalized spacial score (nSPS) is 10.8. The van der Waals surface area contributed by atoms with E-state index in [1.54, 1.807) is 30.3 Å². The lowest BCUT2D eigenvalue weighted by Crippen LogP contribution is -2.14. The van der Waals surface area contributed by atoms with E-state index in [0.717, 1.165) is 5.56 Å². The first kappa shape index (κ1) is 14.8. The number of benzene rings is 2. The minimum Gasteiger partial charge on any atom is -0.321 e. The number of carbonyl (C=O) groups excluding carboxylic acids is 1. The van der Waals surface area contributed by atoms with Crippen molar-refractivity contribution in [3.05, 3.63) is 70.3 Å². The Morgan fingerprint density at radius 1 is 1.19 bits per heavy atom. The van der Waals surface area contributed by atoms with Crippen molar-refractivity contribution in [3.63, 3.8) is 0 Å². The molecule has 1 N–H and O–H groups in total. The zero-order valence-corrected chi connectivity index (χ0v) is 12.2. The van der Waals surface area contributed by atoms with Crippen LogP contribution in [-0.4, -0.2) is 5.91 Å². The Bertz CT molecular complexity index is 744. The smallest absolute Gasteiger partial charge is 0.266 e. The second-order valence-corrected chi connectivity index (χ2v) is 4.87. The number of carbonyl (C=O) groups is 1. The summed E-state index contributed by atoms with van der Waals surface area (Å²) in [6.07, 6.45) is 1.48. The summed E-state index contributed by atoms with van der Waals surface area (Å²) in [7, 11) is 0. The monoisotopic (exact) mass is 296 g/mol. The highest BCUT2D eigenvalue weighted by Gasteiger charge is 2.11. The number of para-hydroxylation sites is 1. The maximum atomic E-state index is 12.2. The summed E-state index contributed by atoms with van der Waals surface area (Å²) in [5.41, 5.74) is 2.26. The Hall–Kier alpha value is -2.57. The molecule has 104 valence electrons. The van der Waals surface area contributed by atoms with Crippen molar-refractivity contribution in [1.29, 1.82) is 5.26 Å². The van der Waals surface area contributed by atoms with Gasteiger partial charge in [0.1, 0.15) is 11.6 Å². The Morgan fingerprint density at radius 3 is 2.52 bits per heavy atom. The van der Waals surface area contributed by atoms with Crippen LogP contribution in [0.2, 0.25) is 5.02 Å². The van der Waals surface area contributed by atoms with Crippen LogP contribution in [0, 0.1) is 18.3 Å². The van der Waals surface area contributed by atoms with Crippen LogP contribution in [-0.2, 0) is 4.79 Å². The third kappa shape index (κ3) is 3.71. The fraction of sp³-hybridized carbons (Fsp3) is 0.0588. The minimum absolute atomic E-state index is 0.00588. The number of halogens is 1. The van der Waals surface area contributed by atoms with E-state index >= 15 is 0 Å². The number of nitrogens with one attached hydrogen (secondary N) is 1. The highest BCUT2D eigenvalue weighted by atomic mass is 35.5. The molecule has 0 spiro atoms. The number of aryl methyl sites for hydroxylation is 1. The van der Waals surface area contributed by atoms with Gasteiger partial charge in [-0.1, -0.05) is 48.0 Å². The van der Waals surface area contributed by atoms with Gasteiger partial charge in [0.2, 0.25) is 0 Å². The van der Waals surface area contributed by atoms with Gasteiger partial charge in [0, 0.05) is 10.7 Å². The lowest BCUT2D eigenvalue weighted by molar-refractivity contribution is -0.112. The first-order valence-electron chi connectivity index (χ1n) is 6.35. The number of anilines is 1. The van der Waals surface area contributed by atoms with Crippen molar-refractivity contribution in [1.82, 2.24) is 0 Å². The van der Waals surface area contributed by atoms with E-state index < -0.39 is 5.91 Å². The number of nitriles is 1. The number of hydrogen-bond donors (Lipinski definition) is 1. The number of rotatable bonds is 3. The second-order valence-electron chi connectivity index (χ2n) is 4.46. The first-order valence-corrected chi connectivity index (χ1v) is 6.73. The van der Waals surface area contributed by atoms with Crippen molar-refractivity contribution >= 4 is 29.3 Å². The van der Waals surface area contributed by atoms with E-state index in [4.69, 9.17) is 11.6 Å². The van der Waals surface area contributed by atoms with E-state index in [1.807, 2.05) is 31.2 Å². The third-order valence-corrected chi connectivity index (χ3v) is 3.31. The first-order chi connectivity index (χ1) is 10.1. The molecule has 4 heteroatoms. The topological polar surface area (TPSA) is 52.9 Å². The molecule has 1 amide bonds. The molecule has 3 nitrogen and oxygen atoms in total. The Morgan fingerprint density at radius 2 is 1.86 bits per heavy atom. The molecule has 0 aromatic heterocycles. The molecule has 0 aliphatic carbocycles. The fourth-order valence-electron chi connectivity index (χ4n) is 1.80. The van der Waals surface area contributed by atoms with E-state index in [-0.39, 0.29) is 5.57 Å². The van der Waals surface area contributed by atoms with Gasteiger partial charge in [-0.25, -0.2) is 0 Å². The molecule has 0 fully saturated rings. The minimum atomic E-state index is -0.452. The van der Waals surface area contributed by atoms with Gasteiger partial charge >= 0.3 is 0 Å². The summed E-state index contributed by atoms with van der Waals surface area (Å²) in [4.78, 5) is 12.2. The Balaban J connectivity index is 2.26. The average Bonchev–Trinajstić information content (AvgIpc) is 2.48. The molecule has 2 aromatic rings. The van der Waals surface area contributed by atoms with Gasteiger partial charge in [-0.05, 0) is 36.3 Å². The van der Waals surface area contributed by atoms with Gasteiger partial charge in [0.05, 0.1) is 0 Å². The van der Waals surface area contributed by atoms with Crippen LogP contribution in [0.3, 0.4) is 0 Å². The van der Waals surface area contributed by atoms with Gasteiger partial charge < -0.3 is 5.32 Å². The molecule has 21 heavy (non-hydrogen) atoms. The van der Waals surface area contributed by atoms with Crippen molar-refractivity contribution in [2.75, 3.05) is 5.32 Å². The van der Waals surface area contributed by atoms with Gasteiger partial charge in [-0.3, -0.25) is 4.79 Å². The second kappa shape index (κ2) is 6.74. The van der Waals surface area contributed by atoms with Gasteiger partial charge in [0.15, 0.2) is 0 Å². The Labute approximate surface area is 128 Å². The molecular formula is C17H13ClN2O. The maximum absolute atomic E-state index is 12.2. The summed E-state index contributed by atoms with van der Waals surface area (Å²) < 4.78 is 0. The predicted octanol–water partition coefficient (Wildman–Crippen LogP) is 4.19. The zero-order valence-electron chi connectivity index (χ0n) is 11.4. The summed E-state index contributed by atoms with van der Waals surface area (Å²) in [5, 5.41) is 12.4. The highest BCUT2D eigenvalue weighted by Crippen LogP contribution is 2.19. The zero-order chi connectivity index (χ0) is 15.2. The summed E-state index contributed by atoms with van der Waals surface area (Å²) in [6, 6.07) is 16.3. The van der Waals surface area contributed by atoms with Gasteiger partial charge in [0.25, 0.3) is 5.91 Å². The van der Waals surface area contributed by atoms with Crippen LogP contribution in [0.15, 0.2) is 54.1 Å².